The van der Waals surface area contributed by atoms with Crippen molar-refractivity contribution in [3.63, 3.8) is 0 Å². The summed E-state index contributed by atoms with van der Waals surface area (Å²) >= 11 is 6.87. The Morgan fingerprint density at radius 1 is 0.325 bits per heavy atom. The van der Waals surface area contributed by atoms with Crippen LogP contribution in [0.15, 0.2) is 115 Å². The first-order chi connectivity index (χ1) is 55.5. The molecular formula is C93H130N10O6S5. The van der Waals surface area contributed by atoms with E-state index in [2.05, 4.69) is 139 Å². The smallest absolute Gasteiger partial charge is 0.303 e. The molecule has 5 aliphatic heterocycles. The third-order valence-corrected chi connectivity index (χ3v) is 30.5. The average molecular weight is 1640 g/mol. The highest BCUT2D eigenvalue weighted by Crippen LogP contribution is 2.57. The van der Waals surface area contributed by atoms with E-state index in [0.29, 0.717) is 10.8 Å². The van der Waals surface area contributed by atoms with Crippen LogP contribution in [0.4, 0.5) is 0 Å². The van der Waals surface area contributed by atoms with Gasteiger partial charge < -0.3 is 24.5 Å². The number of carbonyl (C=O) groups excluding carboxylic acids is 1. The Labute approximate surface area is 696 Å². The van der Waals surface area contributed by atoms with E-state index in [4.69, 9.17) is 0 Å². The summed E-state index contributed by atoms with van der Waals surface area (Å²) in [6, 6.07) is 31.9. The number of hydrogen-bond donors (Lipinski definition) is 0. The van der Waals surface area contributed by atoms with Crippen LogP contribution in [-0.4, -0.2) is 151 Å². The molecule has 618 valence electrons. The number of Topliss-reactive ketones (excluding diaryl/α,β-unsaturated/α-hetero) is 1. The van der Waals surface area contributed by atoms with E-state index in [1.807, 2.05) is 41.0 Å². The molecule has 5 aromatic carbocycles. The minimum absolute atomic E-state index is 0.0908. The van der Waals surface area contributed by atoms with Crippen LogP contribution in [0.1, 0.15) is 228 Å². The van der Waals surface area contributed by atoms with Crippen LogP contribution in [0.25, 0.3) is 51.1 Å². The number of fused-ring (bicyclic) bond motifs is 6. The molecule has 2 saturated carbocycles. The van der Waals surface area contributed by atoms with Crippen LogP contribution in [-0.2, 0) is 58.4 Å². The number of hydrogen-bond acceptors (Lipinski definition) is 16. The molecule has 21 heteroatoms. The third-order valence-electron chi connectivity index (χ3n) is 25.8. The van der Waals surface area contributed by atoms with Crippen LogP contribution in [0.5, 0.6) is 0 Å². The first-order valence-corrected chi connectivity index (χ1v) is 48.4. The standard InChI is InChI=1S/C21H30N2OS.C18H22N2O2S.3C18H26N2OS/c1-4-6-16-7-8-17-18(13-16)25-19(24)23(17)12-11-22-14-20(2)9-5-10-21(20,3)15-22;21-17(13-4-5-13)14-6-7-15-16(12-14)23-18(22)20(15)11-10-19-8-2-1-3-9-19;1-2-7-15-8-9-16-17(14-15)22-18(21)20(16)13-6-12-19-10-4-3-5-11-19;1-2-7-15-8-9-16-17(14-15)22-18(21)20(16)13-12-19-10-5-3-4-6-11-19;1-2-3-7-15-8-9-16-17(14-15)22-18(21)20(16)13-12-19-10-5-4-6-11-19/h7-8,13H,4-6,9-12,14-15H2,1-3H3;6-7,12-13H,1-5,8-11H2;3*8-9,14H,2-7,10-13H2,1H3/t20-,21+;;;;. The summed E-state index contributed by atoms with van der Waals surface area (Å²) in [5, 5.41) is 0. The maximum Gasteiger partial charge on any atom is 0.308 e. The number of carbonyl (C=O) groups is 1. The Bertz CT molecular complexity index is 5060. The molecule has 0 unspecified atom stereocenters. The second-order valence-electron chi connectivity index (χ2n) is 34.5. The van der Waals surface area contributed by atoms with Crippen molar-refractivity contribution in [2.45, 2.75) is 254 Å². The highest BCUT2D eigenvalue weighted by molar-refractivity contribution is 7.17. The predicted molar refractivity (Wildman–Crippen MR) is 485 cm³/mol. The molecule has 16 nitrogen and oxygen atoms in total. The quantitative estimate of drug-likeness (QED) is 0.0454. The normalized spacial score (nSPS) is 20.0. The first-order valence-electron chi connectivity index (χ1n) is 44.3. The van der Waals surface area contributed by atoms with E-state index in [-0.39, 0.29) is 36.1 Å². The SMILES string of the molecule is CCCCc1ccc2c(c1)sc(=O)n2CCN1CCCCC1.CCCc1ccc2c(c1)sc(=O)n2CCCN1CCCCC1.CCCc1ccc2c(c1)sc(=O)n2CCN1CCCCCC1.CCCc1ccc2c(c1)sc(=O)n2CCN1C[C@]2(C)CCC[C@]2(C)C1.O=C(c1ccc2c(c1)sc(=O)n2CCN1CCCCC1)C1CC1. The zero-order chi connectivity index (χ0) is 79.6. The van der Waals surface area contributed by atoms with E-state index in [1.165, 1.54) is 247 Å². The molecular weight excluding hydrogens is 1510 g/mol. The maximum absolute atomic E-state index is 12.5. The molecule has 0 spiro atoms. The summed E-state index contributed by atoms with van der Waals surface area (Å²) in [5.41, 5.74) is 12.6. The highest BCUT2D eigenvalue weighted by atomic mass is 32.1. The number of benzene rings is 5. The van der Waals surface area contributed by atoms with Crippen LogP contribution < -0.4 is 24.4 Å². The average Bonchev–Trinajstić information content (AvgIpc) is 1.59. The van der Waals surface area contributed by atoms with E-state index in [0.717, 1.165) is 199 Å². The Hall–Kier alpha value is -5.98. The molecule has 17 rings (SSSR count). The largest absolute Gasteiger partial charge is 0.308 e. The van der Waals surface area contributed by atoms with Crippen LogP contribution in [0.3, 0.4) is 0 Å². The van der Waals surface area contributed by atoms with Crippen LogP contribution in [0, 0.1) is 16.7 Å². The molecule has 5 aromatic heterocycles. The number of likely N-dealkylation sites (tertiary alicyclic amines) is 5. The molecule has 0 bridgehead atoms. The van der Waals surface area contributed by atoms with Gasteiger partial charge in [-0.3, -0.25) is 51.6 Å². The van der Waals surface area contributed by atoms with Crippen LogP contribution >= 0.6 is 56.7 Å². The fraction of sp³-hybridized carbons (Fsp3) is 0.613. The number of ketones is 1. The summed E-state index contributed by atoms with van der Waals surface area (Å²) < 4.78 is 15.3. The molecule has 5 saturated heterocycles. The zero-order valence-corrected chi connectivity index (χ0v) is 73.7. The van der Waals surface area contributed by atoms with Crippen molar-refractivity contribution in [2.24, 2.45) is 16.7 Å². The summed E-state index contributed by atoms with van der Waals surface area (Å²) in [6.45, 7) is 34.8. The van der Waals surface area contributed by atoms with Crippen molar-refractivity contribution < 1.29 is 4.79 Å². The molecule has 2 aliphatic carbocycles. The first kappa shape index (κ1) is 85.9. The van der Waals surface area contributed by atoms with Gasteiger partial charge in [0.2, 0.25) is 0 Å². The fourth-order valence-electron chi connectivity index (χ4n) is 18.7. The van der Waals surface area contributed by atoms with Gasteiger partial charge in [-0.15, -0.1) is 0 Å². The van der Waals surface area contributed by atoms with E-state index < -0.39 is 0 Å². The van der Waals surface area contributed by atoms with E-state index in [1.54, 1.807) is 0 Å². The molecule has 10 aromatic rings. The molecule has 7 fully saturated rings. The molecule has 10 heterocycles. The minimum Gasteiger partial charge on any atom is -0.303 e. The second kappa shape index (κ2) is 41.6. The van der Waals surface area contributed by atoms with Gasteiger partial charge in [0, 0.05) is 83.5 Å². The molecule has 0 radical (unpaired) electrons. The van der Waals surface area contributed by atoms with Gasteiger partial charge in [0.15, 0.2) is 5.78 Å². The van der Waals surface area contributed by atoms with Crippen molar-refractivity contribution >= 4 is 114 Å². The monoisotopic (exact) mass is 1640 g/mol. The van der Waals surface area contributed by atoms with Gasteiger partial charge in [0.1, 0.15) is 0 Å². The third kappa shape index (κ3) is 22.3. The number of thiazole rings is 5. The predicted octanol–water partition coefficient (Wildman–Crippen LogP) is 19.3. The lowest BCUT2D eigenvalue weighted by Crippen LogP contribution is -2.33. The Morgan fingerprint density at radius 2 is 0.623 bits per heavy atom. The molecule has 0 amide bonds. The number of piperidine rings is 3. The summed E-state index contributed by atoms with van der Waals surface area (Å²) in [4.78, 5) is 87.3. The Balaban J connectivity index is 0.000000124. The molecule has 7 aliphatic rings. The number of aryl methyl sites for hydroxylation is 5. The summed E-state index contributed by atoms with van der Waals surface area (Å²) in [6.07, 6.45) is 34.7. The number of aromatic nitrogens is 5. The topological polar surface area (TPSA) is 143 Å². The minimum atomic E-state index is 0.0908. The Kier molecular flexibility index (Phi) is 31.4. The van der Waals surface area contributed by atoms with Gasteiger partial charge in [-0.05, 0) is 274 Å². The summed E-state index contributed by atoms with van der Waals surface area (Å²) in [5.74, 6) is 0.470. The Morgan fingerprint density at radius 3 is 0.956 bits per heavy atom. The van der Waals surface area contributed by atoms with Crippen molar-refractivity contribution in [2.75, 3.05) is 98.2 Å². The maximum atomic E-state index is 12.5. The van der Waals surface area contributed by atoms with E-state index in [9.17, 15) is 28.8 Å². The number of unbranched alkanes of at least 4 members (excludes halogenated alkanes) is 1. The van der Waals surface area contributed by atoms with Gasteiger partial charge in [0.25, 0.3) is 0 Å². The van der Waals surface area contributed by atoms with E-state index >= 15 is 0 Å². The fourth-order valence-corrected chi connectivity index (χ4v) is 23.6. The molecule has 0 N–H and O–H groups in total. The number of nitrogens with zero attached hydrogens (tertiary/aromatic N) is 10. The van der Waals surface area contributed by atoms with Gasteiger partial charge >= 0.3 is 24.4 Å². The van der Waals surface area contributed by atoms with Crippen molar-refractivity contribution in [1.82, 2.24) is 47.3 Å². The van der Waals surface area contributed by atoms with Gasteiger partial charge in [-0.25, -0.2) is 0 Å². The number of rotatable bonds is 27. The lowest BCUT2D eigenvalue weighted by molar-refractivity contribution is 0.0967. The highest BCUT2D eigenvalue weighted by Gasteiger charge is 2.54. The zero-order valence-electron chi connectivity index (χ0n) is 69.6. The van der Waals surface area contributed by atoms with Crippen LogP contribution in [0.2, 0.25) is 0 Å². The molecule has 114 heavy (non-hydrogen) atoms. The van der Waals surface area contributed by atoms with Crippen molar-refractivity contribution in [3.8, 4) is 0 Å². The van der Waals surface area contributed by atoms with Gasteiger partial charge in [0.05, 0.1) is 51.1 Å². The lowest BCUT2D eigenvalue weighted by atomic mass is 9.71. The van der Waals surface area contributed by atoms with Crippen molar-refractivity contribution in [3.05, 3.63) is 167 Å². The molecule has 2 atom stereocenters. The lowest BCUT2D eigenvalue weighted by Gasteiger charge is -2.32. The second-order valence-corrected chi connectivity index (χ2v) is 39.4. The van der Waals surface area contributed by atoms with Gasteiger partial charge in [-0.2, -0.15) is 0 Å². The summed E-state index contributed by atoms with van der Waals surface area (Å²) in [7, 11) is 0. The van der Waals surface area contributed by atoms with Crippen molar-refractivity contribution in [1.29, 1.82) is 0 Å². The van der Waals surface area contributed by atoms with Gasteiger partial charge in [-0.1, -0.05) is 187 Å².